The molecule has 7 heteroatoms. The number of Topliss-reactive ketones (excluding diaryl/α,β-unsaturated/α-hetero) is 1. The molecule has 0 aliphatic carbocycles. The Morgan fingerprint density at radius 3 is 2.16 bits per heavy atom. The summed E-state index contributed by atoms with van der Waals surface area (Å²) in [7, 11) is 0. The van der Waals surface area contributed by atoms with Gasteiger partial charge in [0, 0.05) is 19.8 Å². The number of benzene rings is 2. The minimum Gasteiger partial charge on any atom is -0.436 e. The van der Waals surface area contributed by atoms with Crippen LogP contribution in [0.4, 0.5) is 13.6 Å². The molecule has 3 heterocycles. The van der Waals surface area contributed by atoms with E-state index < -0.39 is 23.8 Å². The van der Waals surface area contributed by atoms with Crippen LogP contribution in [0.15, 0.2) is 48.5 Å². The average Bonchev–Trinajstić information content (AvgIpc) is 2.72. The zero-order valence-electron chi connectivity index (χ0n) is 17.5. The Bertz CT molecular complexity index is 927. The van der Waals surface area contributed by atoms with E-state index in [0.717, 1.165) is 25.9 Å². The highest BCUT2D eigenvalue weighted by Crippen LogP contribution is 2.34. The van der Waals surface area contributed by atoms with Crippen molar-refractivity contribution < 1.29 is 27.6 Å². The Balaban J connectivity index is 1.51. The molecule has 5 rings (SSSR count). The molecule has 0 radical (unpaired) electrons. The van der Waals surface area contributed by atoms with Gasteiger partial charge in [0.25, 0.3) is 0 Å². The quantitative estimate of drug-likeness (QED) is 0.707. The van der Waals surface area contributed by atoms with Gasteiger partial charge in [0.1, 0.15) is 18.2 Å². The van der Waals surface area contributed by atoms with Gasteiger partial charge in [0.15, 0.2) is 11.9 Å². The van der Waals surface area contributed by atoms with E-state index in [9.17, 15) is 18.4 Å². The van der Waals surface area contributed by atoms with Crippen LogP contribution < -0.4 is 5.32 Å². The number of amides is 1. The summed E-state index contributed by atoms with van der Waals surface area (Å²) in [5.74, 6) is -0.424. The lowest BCUT2D eigenvalue weighted by Crippen LogP contribution is -2.68. The van der Waals surface area contributed by atoms with Crippen molar-refractivity contribution in [2.45, 2.75) is 31.9 Å². The lowest BCUT2D eigenvalue weighted by atomic mass is 9.81. The minimum atomic E-state index is -0.937. The van der Waals surface area contributed by atoms with Gasteiger partial charge >= 0.3 is 6.09 Å². The molecule has 2 aromatic rings. The maximum absolute atomic E-state index is 13.8. The van der Waals surface area contributed by atoms with Gasteiger partial charge in [-0.3, -0.25) is 4.79 Å². The van der Waals surface area contributed by atoms with Crippen molar-refractivity contribution in [3.8, 4) is 0 Å². The first-order valence-corrected chi connectivity index (χ1v) is 10.7. The number of ketones is 1. The molecule has 3 saturated heterocycles. The molecule has 31 heavy (non-hydrogen) atoms. The van der Waals surface area contributed by atoms with Crippen molar-refractivity contribution in [2.75, 3.05) is 26.2 Å². The second-order valence-electron chi connectivity index (χ2n) is 8.82. The molecule has 1 unspecified atom stereocenters. The Labute approximate surface area is 180 Å². The third-order valence-electron chi connectivity index (χ3n) is 6.49. The molecule has 1 amide bonds. The van der Waals surface area contributed by atoms with E-state index in [2.05, 4.69) is 5.32 Å². The Morgan fingerprint density at radius 1 is 1.06 bits per heavy atom. The number of nitrogens with zero attached hydrogens (tertiary/aromatic N) is 1. The fraction of sp³-hybridized carbons (Fsp3) is 0.417. The summed E-state index contributed by atoms with van der Waals surface area (Å²) in [6.45, 7) is 4.69. The van der Waals surface area contributed by atoms with Gasteiger partial charge in [-0.15, -0.1) is 0 Å². The zero-order valence-corrected chi connectivity index (χ0v) is 17.5. The van der Waals surface area contributed by atoms with Gasteiger partial charge in [-0.05, 0) is 41.3 Å². The molecule has 1 atom stereocenters. The Morgan fingerprint density at radius 2 is 1.65 bits per heavy atom. The van der Waals surface area contributed by atoms with E-state index in [4.69, 9.17) is 4.74 Å². The normalized spacial score (nSPS) is 24.8. The summed E-state index contributed by atoms with van der Waals surface area (Å²) >= 11 is 0. The van der Waals surface area contributed by atoms with Crippen LogP contribution in [0.2, 0.25) is 0 Å². The summed E-state index contributed by atoms with van der Waals surface area (Å²) in [6, 6.07) is 11.4. The van der Waals surface area contributed by atoms with E-state index in [1.54, 1.807) is 19.1 Å². The molecule has 1 N–H and O–H groups in total. The molecule has 3 aliphatic rings. The zero-order chi connectivity index (χ0) is 22.0. The summed E-state index contributed by atoms with van der Waals surface area (Å²) < 4.78 is 34.0. The van der Waals surface area contributed by atoms with Crippen molar-refractivity contribution in [1.29, 1.82) is 0 Å². The van der Waals surface area contributed by atoms with Crippen molar-refractivity contribution >= 4 is 11.9 Å². The third kappa shape index (κ3) is 4.93. The molecule has 5 nitrogen and oxygen atoms in total. The number of rotatable bonds is 6. The predicted molar refractivity (Wildman–Crippen MR) is 111 cm³/mol. The summed E-state index contributed by atoms with van der Waals surface area (Å²) in [5, 5.41) is 2.97. The van der Waals surface area contributed by atoms with Gasteiger partial charge in [-0.2, -0.15) is 0 Å². The number of fused-ring (bicyclic) bond motifs is 3. The molecule has 2 aromatic carbocycles. The summed E-state index contributed by atoms with van der Waals surface area (Å²) in [6.07, 6.45) is 0.344. The SMILES string of the molecule is CC(=O)C[N+]12CCC(CC1)C(NC(=O)OC(c1cccc(F)c1)c1cccc(F)c1)C2. The van der Waals surface area contributed by atoms with E-state index in [1.807, 2.05) is 0 Å². The molecule has 3 fully saturated rings. The largest absolute Gasteiger partial charge is 0.436 e. The van der Waals surface area contributed by atoms with Crippen LogP contribution >= 0.6 is 0 Å². The second-order valence-corrected chi connectivity index (χ2v) is 8.82. The number of hydrogen-bond acceptors (Lipinski definition) is 3. The maximum Gasteiger partial charge on any atom is 0.408 e. The van der Waals surface area contributed by atoms with Crippen LogP contribution in [0.25, 0.3) is 0 Å². The Hall–Kier alpha value is -2.80. The third-order valence-corrected chi connectivity index (χ3v) is 6.49. The fourth-order valence-electron chi connectivity index (χ4n) is 5.11. The number of halogens is 2. The van der Waals surface area contributed by atoms with Crippen LogP contribution in [0.3, 0.4) is 0 Å². The van der Waals surface area contributed by atoms with Crippen LogP contribution in [-0.2, 0) is 9.53 Å². The smallest absolute Gasteiger partial charge is 0.408 e. The summed E-state index contributed by atoms with van der Waals surface area (Å²) in [4.78, 5) is 24.6. The number of nitrogens with one attached hydrogen (secondary N) is 1. The molecule has 2 bridgehead atoms. The van der Waals surface area contributed by atoms with Gasteiger partial charge in [0.05, 0.1) is 25.7 Å². The minimum absolute atomic E-state index is 0.0879. The van der Waals surface area contributed by atoms with Gasteiger partial charge in [-0.1, -0.05) is 24.3 Å². The van der Waals surface area contributed by atoms with E-state index in [1.165, 1.54) is 36.4 Å². The monoisotopic (exact) mass is 429 g/mol. The van der Waals surface area contributed by atoms with Crippen molar-refractivity contribution in [1.82, 2.24) is 5.32 Å². The first-order valence-electron chi connectivity index (χ1n) is 10.7. The second kappa shape index (κ2) is 8.75. The first kappa shape index (κ1) is 21.4. The maximum atomic E-state index is 13.8. The average molecular weight is 429 g/mol. The highest BCUT2D eigenvalue weighted by atomic mass is 19.1. The van der Waals surface area contributed by atoms with Crippen molar-refractivity contribution in [2.24, 2.45) is 5.92 Å². The molecule has 3 aliphatic heterocycles. The molecule has 0 spiro atoms. The number of carbonyl (C=O) groups excluding carboxylic acids is 2. The van der Waals surface area contributed by atoms with Crippen LogP contribution in [0.5, 0.6) is 0 Å². The number of carbonyl (C=O) groups is 2. The standard InChI is InChI=1S/C24H26F2N2O3/c1-16(29)14-28-10-8-17(9-11-28)22(15-28)27-24(30)31-23(18-4-2-6-20(25)12-18)19-5-3-7-21(26)13-19/h2-7,12-13,17,22-23H,8-11,14-15H2,1H3/p+1. The van der Waals surface area contributed by atoms with E-state index in [-0.39, 0.29) is 11.8 Å². The van der Waals surface area contributed by atoms with E-state index >= 15 is 0 Å². The van der Waals surface area contributed by atoms with Crippen LogP contribution in [0.1, 0.15) is 37.0 Å². The molecule has 164 valence electrons. The predicted octanol–water partition coefficient (Wildman–Crippen LogP) is 3.98. The molecular weight excluding hydrogens is 402 g/mol. The van der Waals surface area contributed by atoms with Crippen LogP contribution in [-0.4, -0.2) is 48.6 Å². The molecule has 0 aromatic heterocycles. The number of alkyl carbamates (subject to hydrolysis) is 1. The van der Waals surface area contributed by atoms with Crippen molar-refractivity contribution in [3.63, 3.8) is 0 Å². The fourth-order valence-corrected chi connectivity index (χ4v) is 5.11. The van der Waals surface area contributed by atoms with Crippen molar-refractivity contribution in [3.05, 3.63) is 71.3 Å². The topological polar surface area (TPSA) is 55.4 Å². The highest BCUT2D eigenvalue weighted by Gasteiger charge is 2.47. The lowest BCUT2D eigenvalue weighted by molar-refractivity contribution is -0.936. The van der Waals surface area contributed by atoms with E-state index in [0.29, 0.717) is 34.6 Å². The highest BCUT2D eigenvalue weighted by molar-refractivity contribution is 5.76. The van der Waals surface area contributed by atoms with Gasteiger partial charge in [-0.25, -0.2) is 13.6 Å². The van der Waals surface area contributed by atoms with Gasteiger partial charge < -0.3 is 14.5 Å². The Kier molecular flexibility index (Phi) is 6.05. The number of ether oxygens (including phenoxy) is 1. The molecular formula is C24H27F2N2O3+. The van der Waals surface area contributed by atoms with Crippen LogP contribution in [0, 0.1) is 17.6 Å². The number of hydrogen-bond donors (Lipinski definition) is 1. The summed E-state index contributed by atoms with van der Waals surface area (Å²) in [5.41, 5.74) is 0.851. The lowest BCUT2D eigenvalue weighted by Gasteiger charge is -2.52. The number of quaternary nitrogens is 1. The number of piperidine rings is 3. The first-order chi connectivity index (χ1) is 14.8. The van der Waals surface area contributed by atoms with Gasteiger partial charge in [0.2, 0.25) is 0 Å². The molecule has 0 saturated carbocycles.